The first kappa shape index (κ1) is 20.6. The molecule has 0 radical (unpaired) electrons. The van der Waals surface area contributed by atoms with E-state index in [1.54, 1.807) is 23.1 Å². The molecule has 0 atom stereocenters. The Kier molecular flexibility index (Phi) is 6.59. The second kappa shape index (κ2) is 8.94. The van der Waals surface area contributed by atoms with E-state index in [1.807, 2.05) is 31.2 Å². The summed E-state index contributed by atoms with van der Waals surface area (Å²) in [6.45, 7) is 3.45. The first-order valence-electron chi connectivity index (χ1n) is 9.10. The maximum atomic E-state index is 12.8. The van der Waals surface area contributed by atoms with Gasteiger partial charge in [-0.1, -0.05) is 41.9 Å². The Bertz CT molecular complexity index is 941. The first-order valence-corrected chi connectivity index (χ1v) is 10.9. The molecule has 3 rings (SSSR count). The van der Waals surface area contributed by atoms with E-state index in [1.165, 1.54) is 10.4 Å². The molecule has 1 fully saturated rings. The third-order valence-corrected chi connectivity index (χ3v) is 7.11. The Morgan fingerprint density at radius 1 is 1.04 bits per heavy atom. The molecule has 1 aliphatic rings. The van der Waals surface area contributed by atoms with Gasteiger partial charge in [-0.05, 0) is 30.7 Å². The molecule has 150 valence electrons. The van der Waals surface area contributed by atoms with Gasteiger partial charge in [0, 0.05) is 26.2 Å². The van der Waals surface area contributed by atoms with Gasteiger partial charge in [-0.15, -0.1) is 0 Å². The van der Waals surface area contributed by atoms with Gasteiger partial charge in [0.2, 0.25) is 15.9 Å². The summed E-state index contributed by atoms with van der Waals surface area (Å²) >= 11 is 6.04. The molecule has 0 aliphatic carbocycles. The number of para-hydroxylation sites is 1. The third-order valence-electron chi connectivity index (χ3n) is 4.71. The summed E-state index contributed by atoms with van der Waals surface area (Å²) in [6, 6.07) is 14.0. The van der Waals surface area contributed by atoms with E-state index < -0.39 is 10.0 Å². The lowest BCUT2D eigenvalue weighted by atomic mass is 10.2. The van der Waals surface area contributed by atoms with E-state index >= 15 is 0 Å². The topological polar surface area (TPSA) is 66.9 Å². The lowest BCUT2D eigenvalue weighted by molar-refractivity contribution is -0.132. The monoisotopic (exact) mass is 422 g/mol. The predicted octanol–water partition coefficient (Wildman–Crippen LogP) is 2.95. The Morgan fingerprint density at radius 2 is 1.68 bits per heavy atom. The molecule has 0 bridgehead atoms. The van der Waals surface area contributed by atoms with E-state index in [0.717, 1.165) is 11.3 Å². The van der Waals surface area contributed by atoms with Crippen LogP contribution in [0.15, 0.2) is 53.4 Å². The lowest BCUT2D eigenvalue weighted by Gasteiger charge is -2.34. The fourth-order valence-corrected chi connectivity index (χ4v) is 5.01. The van der Waals surface area contributed by atoms with Gasteiger partial charge in [0.25, 0.3) is 0 Å². The molecule has 0 aromatic heterocycles. The van der Waals surface area contributed by atoms with Crippen molar-refractivity contribution in [1.82, 2.24) is 9.21 Å². The van der Waals surface area contributed by atoms with Gasteiger partial charge >= 0.3 is 0 Å². The van der Waals surface area contributed by atoms with Crippen molar-refractivity contribution >= 4 is 27.5 Å². The van der Waals surface area contributed by atoms with Crippen molar-refractivity contribution in [3.63, 3.8) is 0 Å². The van der Waals surface area contributed by atoms with Crippen LogP contribution in [0.2, 0.25) is 5.02 Å². The summed E-state index contributed by atoms with van der Waals surface area (Å²) in [4.78, 5) is 14.2. The number of halogens is 1. The number of carbonyl (C=O) groups excluding carboxylic acids is 1. The maximum absolute atomic E-state index is 12.8. The van der Waals surface area contributed by atoms with E-state index in [-0.39, 0.29) is 35.3 Å². The van der Waals surface area contributed by atoms with Crippen molar-refractivity contribution in [3.8, 4) is 5.75 Å². The summed E-state index contributed by atoms with van der Waals surface area (Å²) < 4.78 is 32.6. The van der Waals surface area contributed by atoms with E-state index in [9.17, 15) is 13.2 Å². The van der Waals surface area contributed by atoms with Crippen LogP contribution in [0.25, 0.3) is 0 Å². The van der Waals surface area contributed by atoms with E-state index in [0.29, 0.717) is 19.7 Å². The number of piperazine rings is 1. The van der Waals surface area contributed by atoms with Gasteiger partial charge in [-0.2, -0.15) is 4.31 Å². The van der Waals surface area contributed by atoms with Crippen LogP contribution in [-0.2, 0) is 14.8 Å². The van der Waals surface area contributed by atoms with Crippen molar-refractivity contribution < 1.29 is 17.9 Å². The Balaban J connectivity index is 1.51. The van der Waals surface area contributed by atoms with Crippen LogP contribution in [0.5, 0.6) is 5.75 Å². The second-order valence-electron chi connectivity index (χ2n) is 6.58. The quantitative estimate of drug-likeness (QED) is 0.717. The van der Waals surface area contributed by atoms with Crippen LogP contribution in [0.1, 0.15) is 12.0 Å². The minimum absolute atomic E-state index is 0.0385. The molecule has 0 unspecified atom stereocenters. The summed E-state index contributed by atoms with van der Waals surface area (Å²) in [6.07, 6.45) is 0.256. The zero-order chi connectivity index (χ0) is 20.1. The number of sulfonamides is 1. The van der Waals surface area contributed by atoms with Crippen molar-refractivity contribution in [1.29, 1.82) is 0 Å². The number of ether oxygens (including phenoxy) is 1. The largest absolute Gasteiger partial charge is 0.493 e. The predicted molar refractivity (Wildman–Crippen MR) is 108 cm³/mol. The average Bonchev–Trinajstić information content (AvgIpc) is 2.69. The zero-order valence-corrected chi connectivity index (χ0v) is 17.2. The highest BCUT2D eigenvalue weighted by Gasteiger charge is 2.31. The van der Waals surface area contributed by atoms with Crippen LogP contribution >= 0.6 is 11.6 Å². The third kappa shape index (κ3) is 4.66. The minimum Gasteiger partial charge on any atom is -0.493 e. The van der Waals surface area contributed by atoms with Gasteiger partial charge in [-0.3, -0.25) is 4.79 Å². The molecule has 1 amide bonds. The number of carbonyl (C=O) groups is 1. The average molecular weight is 423 g/mol. The molecule has 2 aromatic carbocycles. The highest BCUT2D eigenvalue weighted by Crippen LogP contribution is 2.25. The molecule has 0 spiro atoms. The second-order valence-corrected chi connectivity index (χ2v) is 8.89. The molecule has 28 heavy (non-hydrogen) atoms. The van der Waals surface area contributed by atoms with Crippen LogP contribution < -0.4 is 4.74 Å². The van der Waals surface area contributed by atoms with E-state index in [4.69, 9.17) is 16.3 Å². The maximum Gasteiger partial charge on any atom is 0.244 e. The fourth-order valence-electron chi connectivity index (χ4n) is 3.10. The Hall–Kier alpha value is -2.09. The summed E-state index contributed by atoms with van der Waals surface area (Å²) in [5, 5.41) is 0.203. The molecular formula is C20H23ClN2O4S. The molecule has 1 saturated heterocycles. The minimum atomic E-state index is -3.66. The summed E-state index contributed by atoms with van der Waals surface area (Å²) in [5.41, 5.74) is 1.02. The van der Waals surface area contributed by atoms with Gasteiger partial charge in [-0.25, -0.2) is 8.42 Å². The van der Waals surface area contributed by atoms with Crippen LogP contribution in [-0.4, -0.2) is 56.3 Å². The van der Waals surface area contributed by atoms with Gasteiger partial charge in [0.15, 0.2) is 0 Å². The van der Waals surface area contributed by atoms with Crippen molar-refractivity contribution in [3.05, 3.63) is 59.1 Å². The van der Waals surface area contributed by atoms with Gasteiger partial charge < -0.3 is 9.64 Å². The first-order chi connectivity index (χ1) is 13.4. The normalized spacial score (nSPS) is 15.4. The fraction of sp³-hybridized carbons (Fsp3) is 0.350. The van der Waals surface area contributed by atoms with Gasteiger partial charge in [0.1, 0.15) is 10.6 Å². The smallest absolute Gasteiger partial charge is 0.244 e. The number of rotatable bonds is 6. The molecule has 6 nitrogen and oxygen atoms in total. The van der Waals surface area contributed by atoms with Crippen LogP contribution in [0.4, 0.5) is 0 Å². The molecule has 0 saturated carbocycles. The number of nitrogens with zero attached hydrogens (tertiary/aromatic N) is 2. The SMILES string of the molecule is Cc1ccccc1OCCC(=O)N1CCN(S(=O)(=O)c2ccccc2Cl)CC1. The number of aryl methyl sites for hydroxylation is 1. The Labute approximate surface area is 170 Å². The number of hydrogen-bond acceptors (Lipinski definition) is 4. The van der Waals surface area contributed by atoms with E-state index in [2.05, 4.69) is 0 Å². The zero-order valence-electron chi connectivity index (χ0n) is 15.7. The summed E-state index contributed by atoms with van der Waals surface area (Å²) in [5.74, 6) is 0.731. The molecule has 2 aromatic rings. The summed E-state index contributed by atoms with van der Waals surface area (Å²) in [7, 11) is -3.66. The van der Waals surface area contributed by atoms with Crippen molar-refractivity contribution in [2.45, 2.75) is 18.2 Å². The standard InChI is InChI=1S/C20H23ClN2O4S/c1-16-6-2-4-8-18(16)27-15-10-20(24)22-11-13-23(14-12-22)28(25,26)19-9-5-3-7-17(19)21/h2-9H,10-15H2,1H3. The molecular weight excluding hydrogens is 400 g/mol. The van der Waals surface area contributed by atoms with Crippen molar-refractivity contribution in [2.24, 2.45) is 0 Å². The molecule has 1 heterocycles. The van der Waals surface area contributed by atoms with Crippen molar-refractivity contribution in [2.75, 3.05) is 32.8 Å². The number of benzene rings is 2. The molecule has 0 N–H and O–H groups in total. The lowest BCUT2D eigenvalue weighted by Crippen LogP contribution is -2.50. The highest BCUT2D eigenvalue weighted by molar-refractivity contribution is 7.89. The van der Waals surface area contributed by atoms with Crippen LogP contribution in [0.3, 0.4) is 0 Å². The molecule has 1 aliphatic heterocycles. The van der Waals surface area contributed by atoms with Crippen LogP contribution in [0, 0.1) is 6.92 Å². The van der Waals surface area contributed by atoms with Gasteiger partial charge in [0.05, 0.1) is 18.1 Å². The molecule has 8 heteroatoms. The number of amides is 1. The Morgan fingerprint density at radius 3 is 2.36 bits per heavy atom. The number of hydrogen-bond donors (Lipinski definition) is 0. The highest BCUT2D eigenvalue weighted by atomic mass is 35.5.